The van der Waals surface area contributed by atoms with Crippen molar-refractivity contribution in [1.29, 1.82) is 0 Å². The van der Waals surface area contributed by atoms with Crippen molar-refractivity contribution in [1.82, 2.24) is 5.32 Å². The molecule has 0 spiro atoms. The lowest BCUT2D eigenvalue weighted by atomic mass is 10.1. The van der Waals surface area contributed by atoms with Crippen LogP contribution in [0.1, 0.15) is 22.0 Å². The molecule has 114 valence electrons. The maximum Gasteiger partial charge on any atom is 0.251 e. The van der Waals surface area contributed by atoms with E-state index in [0.29, 0.717) is 27.6 Å². The number of hydrogen-bond acceptors (Lipinski definition) is 4. The van der Waals surface area contributed by atoms with Gasteiger partial charge in [-0.25, -0.2) is 0 Å². The van der Waals surface area contributed by atoms with Gasteiger partial charge in [0.15, 0.2) is 11.5 Å². The molecule has 0 bridgehead atoms. The van der Waals surface area contributed by atoms with Gasteiger partial charge >= 0.3 is 0 Å². The zero-order valence-electron chi connectivity index (χ0n) is 11.6. The van der Waals surface area contributed by atoms with Gasteiger partial charge in [-0.05, 0) is 35.9 Å². The van der Waals surface area contributed by atoms with Crippen LogP contribution >= 0.6 is 11.6 Å². The summed E-state index contributed by atoms with van der Waals surface area (Å²) in [4.78, 5) is 12.1. The number of nitrogens with one attached hydrogen (secondary N) is 1. The third-order valence-corrected chi connectivity index (χ3v) is 3.56. The van der Waals surface area contributed by atoms with Gasteiger partial charge in [0.05, 0.1) is 6.10 Å². The Hall–Kier alpha value is -2.24. The molecule has 1 heterocycles. The first-order chi connectivity index (χ1) is 10.6. The number of amides is 1. The summed E-state index contributed by atoms with van der Waals surface area (Å²) in [6, 6.07) is 11.8. The zero-order chi connectivity index (χ0) is 15.5. The molecule has 2 N–H and O–H groups in total. The Bertz CT molecular complexity index is 704. The van der Waals surface area contributed by atoms with E-state index in [1.165, 1.54) is 0 Å². The number of aliphatic hydroxyl groups is 1. The summed E-state index contributed by atoms with van der Waals surface area (Å²) in [7, 11) is 0. The predicted molar refractivity (Wildman–Crippen MR) is 81.3 cm³/mol. The Morgan fingerprint density at radius 1 is 1.23 bits per heavy atom. The number of hydrogen-bond donors (Lipinski definition) is 2. The molecule has 22 heavy (non-hydrogen) atoms. The number of carbonyl (C=O) groups is 1. The molecule has 0 unspecified atom stereocenters. The molecule has 0 aliphatic carbocycles. The van der Waals surface area contributed by atoms with Crippen molar-refractivity contribution in [3.63, 3.8) is 0 Å². The van der Waals surface area contributed by atoms with Crippen LogP contribution in [-0.2, 0) is 0 Å². The average Bonchev–Trinajstić information content (AvgIpc) is 2.99. The smallest absolute Gasteiger partial charge is 0.251 e. The van der Waals surface area contributed by atoms with E-state index in [0.717, 1.165) is 0 Å². The second kappa shape index (κ2) is 6.25. The molecule has 0 aromatic heterocycles. The molecular formula is C16H14ClNO4. The summed E-state index contributed by atoms with van der Waals surface area (Å²) >= 11 is 5.88. The quantitative estimate of drug-likeness (QED) is 0.908. The van der Waals surface area contributed by atoms with Crippen molar-refractivity contribution >= 4 is 17.5 Å². The van der Waals surface area contributed by atoms with Crippen LogP contribution in [0.5, 0.6) is 11.5 Å². The van der Waals surface area contributed by atoms with Crippen LogP contribution in [0.2, 0.25) is 5.02 Å². The van der Waals surface area contributed by atoms with Crippen molar-refractivity contribution in [2.24, 2.45) is 0 Å². The predicted octanol–water partition coefficient (Wildman–Crippen LogP) is 2.53. The average molecular weight is 320 g/mol. The van der Waals surface area contributed by atoms with E-state index < -0.39 is 6.10 Å². The molecule has 6 heteroatoms. The molecule has 0 radical (unpaired) electrons. The monoisotopic (exact) mass is 319 g/mol. The first-order valence-corrected chi connectivity index (χ1v) is 7.12. The number of ether oxygens (including phenoxy) is 2. The fourth-order valence-corrected chi connectivity index (χ4v) is 2.36. The largest absolute Gasteiger partial charge is 0.454 e. The lowest BCUT2D eigenvalue weighted by Gasteiger charge is -2.12. The number of rotatable bonds is 4. The Morgan fingerprint density at radius 3 is 2.86 bits per heavy atom. The number of carbonyl (C=O) groups excluding carboxylic acids is 1. The molecule has 0 fully saturated rings. The highest BCUT2D eigenvalue weighted by Crippen LogP contribution is 2.32. The molecule has 3 rings (SSSR count). The SMILES string of the molecule is O=C(NC[C@H](O)c1cccc(Cl)c1)c1ccc2c(c1)OCO2. The first kappa shape index (κ1) is 14.7. The minimum absolute atomic E-state index is 0.0909. The Morgan fingerprint density at radius 2 is 2.05 bits per heavy atom. The maximum atomic E-state index is 12.1. The molecule has 2 aromatic rings. The lowest BCUT2D eigenvalue weighted by Crippen LogP contribution is -2.28. The number of benzene rings is 2. The van der Waals surface area contributed by atoms with E-state index in [-0.39, 0.29) is 19.2 Å². The van der Waals surface area contributed by atoms with Crippen molar-refractivity contribution in [2.75, 3.05) is 13.3 Å². The van der Waals surface area contributed by atoms with Crippen LogP contribution in [0.15, 0.2) is 42.5 Å². The minimum Gasteiger partial charge on any atom is -0.454 e. The first-order valence-electron chi connectivity index (χ1n) is 6.75. The van der Waals surface area contributed by atoms with Crippen molar-refractivity contribution in [3.8, 4) is 11.5 Å². The van der Waals surface area contributed by atoms with Crippen LogP contribution in [0.3, 0.4) is 0 Å². The van der Waals surface area contributed by atoms with Gasteiger partial charge in [-0.1, -0.05) is 23.7 Å². The third kappa shape index (κ3) is 3.16. The highest BCUT2D eigenvalue weighted by molar-refractivity contribution is 6.30. The minimum atomic E-state index is -0.823. The molecule has 1 aliphatic rings. The van der Waals surface area contributed by atoms with E-state index >= 15 is 0 Å². The summed E-state index contributed by atoms with van der Waals surface area (Å²) in [6.45, 7) is 0.251. The van der Waals surface area contributed by atoms with Gasteiger partial charge < -0.3 is 19.9 Å². The van der Waals surface area contributed by atoms with Gasteiger partial charge in [-0.3, -0.25) is 4.79 Å². The Labute approximate surface area is 132 Å². The summed E-state index contributed by atoms with van der Waals surface area (Å²) in [5, 5.41) is 13.3. The van der Waals surface area contributed by atoms with Crippen LogP contribution in [-0.4, -0.2) is 24.4 Å². The lowest BCUT2D eigenvalue weighted by molar-refractivity contribution is 0.0916. The second-order valence-electron chi connectivity index (χ2n) is 4.85. The summed E-state index contributed by atoms with van der Waals surface area (Å²) < 4.78 is 10.4. The standard InChI is InChI=1S/C16H14ClNO4/c17-12-3-1-2-10(6-12)13(19)8-18-16(20)11-4-5-14-15(7-11)22-9-21-14/h1-7,13,19H,8-9H2,(H,18,20)/t13-/m0/s1. The molecule has 1 amide bonds. The molecule has 1 atom stereocenters. The summed E-state index contributed by atoms with van der Waals surface area (Å²) in [6.07, 6.45) is -0.823. The van der Waals surface area contributed by atoms with Crippen molar-refractivity contribution < 1.29 is 19.4 Å². The Balaban J connectivity index is 1.62. The highest BCUT2D eigenvalue weighted by atomic mass is 35.5. The van der Waals surface area contributed by atoms with Gasteiger partial charge in [0.1, 0.15) is 0 Å². The van der Waals surface area contributed by atoms with Crippen LogP contribution in [0, 0.1) is 0 Å². The molecule has 5 nitrogen and oxygen atoms in total. The molecular weight excluding hydrogens is 306 g/mol. The second-order valence-corrected chi connectivity index (χ2v) is 5.29. The van der Waals surface area contributed by atoms with E-state index in [1.807, 2.05) is 0 Å². The fourth-order valence-electron chi connectivity index (χ4n) is 2.16. The van der Waals surface area contributed by atoms with Gasteiger partial charge in [-0.2, -0.15) is 0 Å². The van der Waals surface area contributed by atoms with Crippen LogP contribution in [0.4, 0.5) is 0 Å². The molecule has 0 saturated heterocycles. The molecule has 0 saturated carbocycles. The van der Waals surface area contributed by atoms with E-state index in [1.54, 1.807) is 42.5 Å². The number of aliphatic hydroxyl groups excluding tert-OH is 1. The number of halogens is 1. The van der Waals surface area contributed by atoms with Gasteiger partial charge in [0.25, 0.3) is 5.91 Å². The Kier molecular flexibility index (Phi) is 4.18. The van der Waals surface area contributed by atoms with Crippen molar-refractivity contribution in [2.45, 2.75) is 6.10 Å². The van der Waals surface area contributed by atoms with E-state index in [9.17, 15) is 9.90 Å². The normalized spacial score (nSPS) is 13.7. The molecule has 1 aliphatic heterocycles. The maximum absolute atomic E-state index is 12.1. The topological polar surface area (TPSA) is 67.8 Å². The highest BCUT2D eigenvalue weighted by Gasteiger charge is 2.17. The van der Waals surface area contributed by atoms with Crippen LogP contribution in [0.25, 0.3) is 0 Å². The summed E-state index contributed by atoms with van der Waals surface area (Å²) in [5.41, 5.74) is 1.10. The summed E-state index contributed by atoms with van der Waals surface area (Å²) in [5.74, 6) is 0.873. The fraction of sp³-hybridized carbons (Fsp3) is 0.188. The van der Waals surface area contributed by atoms with Crippen LogP contribution < -0.4 is 14.8 Å². The zero-order valence-corrected chi connectivity index (χ0v) is 12.3. The van der Waals surface area contributed by atoms with Gasteiger partial charge in [-0.15, -0.1) is 0 Å². The van der Waals surface area contributed by atoms with Gasteiger partial charge in [0, 0.05) is 17.1 Å². The van der Waals surface area contributed by atoms with Gasteiger partial charge in [0.2, 0.25) is 6.79 Å². The number of fused-ring (bicyclic) bond motifs is 1. The molecule has 2 aromatic carbocycles. The van der Waals surface area contributed by atoms with E-state index in [4.69, 9.17) is 21.1 Å². The van der Waals surface area contributed by atoms with Crippen molar-refractivity contribution in [3.05, 3.63) is 58.6 Å². The third-order valence-electron chi connectivity index (χ3n) is 3.32. The van der Waals surface area contributed by atoms with E-state index in [2.05, 4.69) is 5.32 Å².